The lowest BCUT2D eigenvalue weighted by Crippen LogP contribution is -2.47. The summed E-state index contributed by atoms with van der Waals surface area (Å²) in [7, 11) is 0. The second kappa shape index (κ2) is 6.65. The van der Waals surface area contributed by atoms with Gasteiger partial charge in [-0.05, 0) is 52.2 Å². The summed E-state index contributed by atoms with van der Waals surface area (Å²) in [4.78, 5) is 18.2. The summed E-state index contributed by atoms with van der Waals surface area (Å²) in [5.74, 6) is 0. The fourth-order valence-electron chi connectivity index (χ4n) is 2.77. The van der Waals surface area contributed by atoms with Crippen LogP contribution in [0.3, 0.4) is 0 Å². The zero-order valence-corrected chi connectivity index (χ0v) is 13.7. The van der Waals surface area contributed by atoms with E-state index in [0.717, 1.165) is 25.0 Å². The number of piperidine rings is 1. The number of carbonyl (C=O) groups is 1. The van der Waals surface area contributed by atoms with Crippen LogP contribution in [0.25, 0.3) is 0 Å². The Labute approximate surface area is 132 Å². The average Bonchev–Trinajstić information content (AvgIpc) is 2.47. The van der Waals surface area contributed by atoms with E-state index in [1.807, 2.05) is 39.0 Å². The Morgan fingerprint density at radius 1 is 1.36 bits per heavy atom. The smallest absolute Gasteiger partial charge is 0.410 e. The Bertz CT molecular complexity index is 488. The molecule has 0 aromatic carbocycles. The van der Waals surface area contributed by atoms with Crippen molar-refractivity contribution in [3.8, 4) is 0 Å². The van der Waals surface area contributed by atoms with Gasteiger partial charge < -0.3 is 14.7 Å². The van der Waals surface area contributed by atoms with Crippen LogP contribution >= 0.6 is 0 Å². The number of hydrogen-bond donors (Lipinski definition) is 1. The summed E-state index contributed by atoms with van der Waals surface area (Å²) in [6.07, 6.45) is 3.78. The lowest BCUT2D eigenvalue weighted by Gasteiger charge is -2.40. The molecule has 0 aliphatic carbocycles. The van der Waals surface area contributed by atoms with Crippen LogP contribution in [0.15, 0.2) is 24.4 Å². The topological polar surface area (TPSA) is 62.7 Å². The lowest BCUT2D eigenvalue weighted by molar-refractivity contribution is -0.000388. The summed E-state index contributed by atoms with van der Waals surface area (Å²) in [5.41, 5.74) is 0.325. The highest BCUT2D eigenvalue weighted by Gasteiger charge is 2.37. The highest BCUT2D eigenvalue weighted by molar-refractivity contribution is 5.68. The highest BCUT2D eigenvalue weighted by Crippen LogP contribution is 2.34. The third kappa shape index (κ3) is 4.44. The minimum atomic E-state index is -0.476. The molecule has 5 heteroatoms. The molecule has 0 saturated carbocycles. The van der Waals surface area contributed by atoms with Crippen molar-refractivity contribution in [3.05, 3.63) is 30.1 Å². The number of aliphatic hydroxyl groups excluding tert-OH is 1. The maximum Gasteiger partial charge on any atom is 0.410 e. The van der Waals surface area contributed by atoms with Gasteiger partial charge in [-0.25, -0.2) is 4.79 Å². The first-order valence-corrected chi connectivity index (χ1v) is 7.82. The highest BCUT2D eigenvalue weighted by atomic mass is 16.6. The Kier molecular flexibility index (Phi) is 5.06. The van der Waals surface area contributed by atoms with Crippen molar-refractivity contribution in [3.63, 3.8) is 0 Å². The zero-order chi connectivity index (χ0) is 16.2. The largest absolute Gasteiger partial charge is 0.444 e. The predicted octanol–water partition coefficient (Wildman–Crippen LogP) is 2.63. The summed E-state index contributed by atoms with van der Waals surface area (Å²) >= 11 is 0. The SMILES string of the molecule is CC(C)(C)OC(=O)N1CCC(CO)(Cc2ccccn2)CC1. The number of rotatable bonds is 3. The average molecular weight is 306 g/mol. The summed E-state index contributed by atoms with van der Waals surface area (Å²) < 4.78 is 5.41. The molecule has 1 fully saturated rings. The molecule has 2 heterocycles. The number of amides is 1. The molecule has 1 saturated heterocycles. The maximum absolute atomic E-state index is 12.1. The molecule has 1 amide bonds. The fraction of sp³-hybridized carbons (Fsp3) is 0.647. The van der Waals surface area contributed by atoms with Gasteiger partial charge in [0.2, 0.25) is 0 Å². The van der Waals surface area contributed by atoms with Gasteiger partial charge in [0.1, 0.15) is 5.60 Å². The minimum Gasteiger partial charge on any atom is -0.444 e. The van der Waals surface area contributed by atoms with E-state index in [2.05, 4.69) is 4.98 Å². The van der Waals surface area contributed by atoms with Gasteiger partial charge in [0.25, 0.3) is 0 Å². The van der Waals surface area contributed by atoms with Crippen LogP contribution in [-0.4, -0.2) is 46.4 Å². The summed E-state index contributed by atoms with van der Waals surface area (Å²) in [6, 6.07) is 5.83. The van der Waals surface area contributed by atoms with Crippen LogP contribution in [-0.2, 0) is 11.2 Å². The van der Waals surface area contributed by atoms with E-state index in [9.17, 15) is 9.90 Å². The molecule has 0 radical (unpaired) electrons. The van der Waals surface area contributed by atoms with Crippen LogP contribution in [0.2, 0.25) is 0 Å². The number of ether oxygens (including phenoxy) is 1. The quantitative estimate of drug-likeness (QED) is 0.932. The second-order valence-corrected chi connectivity index (χ2v) is 7.12. The molecule has 1 aromatic rings. The standard InChI is InChI=1S/C17H26N2O3/c1-16(2,3)22-15(21)19-10-7-17(13-20,8-11-19)12-14-6-4-5-9-18-14/h4-6,9,20H,7-8,10-13H2,1-3H3. The van der Waals surface area contributed by atoms with Crippen molar-refractivity contribution in [1.29, 1.82) is 0 Å². The Morgan fingerprint density at radius 2 is 2.05 bits per heavy atom. The molecule has 5 nitrogen and oxygen atoms in total. The molecule has 1 aliphatic heterocycles. The van der Waals surface area contributed by atoms with Crippen LogP contribution < -0.4 is 0 Å². The van der Waals surface area contributed by atoms with Gasteiger partial charge in [-0.15, -0.1) is 0 Å². The van der Waals surface area contributed by atoms with Crippen molar-refractivity contribution >= 4 is 6.09 Å². The second-order valence-electron chi connectivity index (χ2n) is 7.12. The van der Waals surface area contributed by atoms with Crippen LogP contribution in [0.1, 0.15) is 39.3 Å². The van der Waals surface area contributed by atoms with Crippen molar-refractivity contribution in [1.82, 2.24) is 9.88 Å². The first-order valence-electron chi connectivity index (χ1n) is 7.82. The molecule has 0 spiro atoms. The number of pyridine rings is 1. The van der Waals surface area contributed by atoms with Crippen LogP contribution in [0, 0.1) is 5.41 Å². The number of carbonyl (C=O) groups excluding carboxylic acids is 1. The third-order valence-corrected chi connectivity index (χ3v) is 4.09. The van der Waals surface area contributed by atoms with Gasteiger partial charge >= 0.3 is 6.09 Å². The Morgan fingerprint density at radius 3 is 2.55 bits per heavy atom. The normalized spacial score (nSPS) is 18.1. The molecule has 122 valence electrons. The molecule has 0 bridgehead atoms. The maximum atomic E-state index is 12.1. The first-order chi connectivity index (χ1) is 10.3. The van der Waals surface area contributed by atoms with Crippen LogP contribution in [0.4, 0.5) is 4.79 Å². The number of aromatic nitrogens is 1. The number of hydrogen-bond acceptors (Lipinski definition) is 4. The summed E-state index contributed by atoms with van der Waals surface area (Å²) in [5, 5.41) is 9.85. The Balaban J connectivity index is 1.95. The van der Waals surface area contributed by atoms with E-state index in [4.69, 9.17) is 4.74 Å². The van der Waals surface area contributed by atoms with Crippen molar-refractivity contribution in [2.45, 2.75) is 45.6 Å². The predicted molar refractivity (Wildman–Crippen MR) is 84.5 cm³/mol. The van der Waals surface area contributed by atoms with Gasteiger partial charge in [0.05, 0.1) is 0 Å². The molecule has 2 rings (SSSR count). The lowest BCUT2D eigenvalue weighted by atomic mass is 9.75. The zero-order valence-electron chi connectivity index (χ0n) is 13.7. The Hall–Kier alpha value is -1.62. The molecule has 22 heavy (non-hydrogen) atoms. The molecule has 1 N–H and O–H groups in total. The van der Waals surface area contributed by atoms with E-state index in [-0.39, 0.29) is 18.1 Å². The van der Waals surface area contributed by atoms with Gasteiger partial charge in [-0.3, -0.25) is 4.98 Å². The van der Waals surface area contributed by atoms with Gasteiger partial charge in [-0.2, -0.15) is 0 Å². The van der Waals surface area contributed by atoms with Crippen molar-refractivity contribution < 1.29 is 14.6 Å². The third-order valence-electron chi connectivity index (χ3n) is 4.09. The number of likely N-dealkylation sites (tertiary alicyclic amines) is 1. The van der Waals surface area contributed by atoms with Gasteiger partial charge in [0.15, 0.2) is 0 Å². The fourth-order valence-corrected chi connectivity index (χ4v) is 2.77. The molecular formula is C17H26N2O3. The number of aliphatic hydroxyl groups is 1. The van der Waals surface area contributed by atoms with Crippen LogP contribution in [0.5, 0.6) is 0 Å². The molecule has 1 aromatic heterocycles. The van der Waals surface area contributed by atoms with Gasteiger partial charge in [0, 0.05) is 37.0 Å². The number of nitrogens with zero attached hydrogens (tertiary/aromatic N) is 2. The minimum absolute atomic E-state index is 0.117. The van der Waals surface area contributed by atoms with E-state index < -0.39 is 5.60 Å². The van der Waals surface area contributed by atoms with E-state index in [1.54, 1.807) is 11.1 Å². The summed E-state index contributed by atoms with van der Waals surface area (Å²) in [6.45, 7) is 6.95. The molecule has 1 aliphatic rings. The van der Waals surface area contributed by atoms with E-state index in [1.165, 1.54) is 0 Å². The van der Waals surface area contributed by atoms with Crippen molar-refractivity contribution in [2.75, 3.05) is 19.7 Å². The molecular weight excluding hydrogens is 280 g/mol. The van der Waals surface area contributed by atoms with Gasteiger partial charge in [-0.1, -0.05) is 6.07 Å². The monoisotopic (exact) mass is 306 g/mol. The first kappa shape index (κ1) is 16.7. The molecule has 0 atom stereocenters. The van der Waals surface area contributed by atoms with E-state index >= 15 is 0 Å². The molecule has 0 unspecified atom stereocenters. The van der Waals surface area contributed by atoms with E-state index in [0.29, 0.717) is 13.1 Å². The van der Waals surface area contributed by atoms with Crippen molar-refractivity contribution in [2.24, 2.45) is 5.41 Å².